The van der Waals surface area contributed by atoms with E-state index in [2.05, 4.69) is 33.6 Å². The second-order valence-electron chi connectivity index (χ2n) is 8.71. The van der Waals surface area contributed by atoms with E-state index < -0.39 is 5.82 Å². The van der Waals surface area contributed by atoms with E-state index in [1.807, 2.05) is 0 Å². The van der Waals surface area contributed by atoms with Crippen LogP contribution in [-0.4, -0.2) is 47.2 Å². The van der Waals surface area contributed by atoms with Crippen LogP contribution >= 0.6 is 11.6 Å². The van der Waals surface area contributed by atoms with Gasteiger partial charge in [0.25, 0.3) is 0 Å². The Morgan fingerprint density at radius 3 is 2.81 bits per heavy atom. The molecular formula is C24H23ClFN5O. The quantitative estimate of drug-likeness (QED) is 0.456. The van der Waals surface area contributed by atoms with Crippen molar-refractivity contribution in [2.45, 2.75) is 19.4 Å². The monoisotopic (exact) mass is 451 g/mol. The molecule has 6 nitrogen and oxygen atoms in total. The molecule has 2 saturated heterocycles. The number of ether oxygens (including phenoxy) is 1. The number of hydrogen-bond donors (Lipinski definition) is 2. The smallest absolute Gasteiger partial charge is 0.165 e. The number of fused-ring (bicyclic) bond motifs is 1. The summed E-state index contributed by atoms with van der Waals surface area (Å²) in [6.07, 6.45) is 0.997. The summed E-state index contributed by atoms with van der Waals surface area (Å²) in [5.41, 5.74) is 14.2. The van der Waals surface area contributed by atoms with Gasteiger partial charge >= 0.3 is 0 Å². The molecule has 0 radical (unpaired) electrons. The highest BCUT2D eigenvalue weighted by Gasteiger charge is 2.38. The molecule has 1 atom stereocenters. The number of benzene rings is 2. The number of aromatic nitrogens is 2. The number of hydrogen-bond acceptors (Lipinski definition) is 6. The lowest BCUT2D eigenvalue weighted by atomic mass is 9.90. The van der Waals surface area contributed by atoms with Crippen molar-refractivity contribution in [3.8, 4) is 23.2 Å². The van der Waals surface area contributed by atoms with E-state index in [0.717, 1.165) is 32.7 Å². The van der Waals surface area contributed by atoms with Crippen molar-refractivity contribution in [2.24, 2.45) is 5.41 Å². The van der Waals surface area contributed by atoms with Crippen molar-refractivity contribution in [3.63, 3.8) is 0 Å². The SMILES string of the molecule is CC1(C#Cc2cc3nc(-c4cccc(Cl)c4F)nc(N)c3cc2N)CCN(C2COC2)C1. The third kappa shape index (κ3) is 3.75. The van der Waals surface area contributed by atoms with Crippen LogP contribution in [0.1, 0.15) is 18.9 Å². The van der Waals surface area contributed by atoms with Gasteiger partial charge in [-0.1, -0.05) is 29.5 Å². The van der Waals surface area contributed by atoms with E-state index in [-0.39, 0.29) is 27.6 Å². The number of nitrogens with zero attached hydrogens (tertiary/aromatic N) is 3. The summed E-state index contributed by atoms with van der Waals surface area (Å²) in [7, 11) is 0. The van der Waals surface area contributed by atoms with Gasteiger partial charge in [0.1, 0.15) is 5.82 Å². The standard InChI is InChI=1S/C24H23ClFN5O/c1-24(7-8-31(13-24)15-11-32-12-15)6-5-14-9-20-17(10-19(14)27)22(28)30-23(29-20)16-3-2-4-18(25)21(16)26/h2-4,9-10,15H,7-8,11-13,27H2,1H3,(H2,28,29,30). The molecule has 0 saturated carbocycles. The average Bonchev–Trinajstić information content (AvgIpc) is 3.09. The molecule has 164 valence electrons. The molecule has 0 bridgehead atoms. The van der Waals surface area contributed by atoms with E-state index in [0.29, 0.717) is 28.2 Å². The zero-order chi connectivity index (χ0) is 22.5. The van der Waals surface area contributed by atoms with Crippen LogP contribution in [0.3, 0.4) is 0 Å². The van der Waals surface area contributed by atoms with E-state index in [9.17, 15) is 4.39 Å². The Balaban J connectivity index is 1.50. The van der Waals surface area contributed by atoms with Gasteiger partial charge in [-0.15, -0.1) is 0 Å². The van der Waals surface area contributed by atoms with Crippen molar-refractivity contribution in [1.29, 1.82) is 0 Å². The van der Waals surface area contributed by atoms with Crippen LogP contribution < -0.4 is 11.5 Å². The minimum absolute atomic E-state index is 0.000875. The van der Waals surface area contributed by atoms with Gasteiger partial charge in [-0.3, -0.25) is 4.90 Å². The van der Waals surface area contributed by atoms with Gasteiger partial charge in [-0.25, -0.2) is 14.4 Å². The van der Waals surface area contributed by atoms with E-state index in [1.54, 1.807) is 24.3 Å². The number of likely N-dealkylation sites (tertiary alicyclic amines) is 1. The maximum atomic E-state index is 14.5. The third-order valence-electron chi connectivity index (χ3n) is 6.23. The molecule has 32 heavy (non-hydrogen) atoms. The van der Waals surface area contributed by atoms with Gasteiger partial charge in [0, 0.05) is 35.1 Å². The maximum absolute atomic E-state index is 14.5. The Hall–Kier alpha value is -2.92. The summed E-state index contributed by atoms with van der Waals surface area (Å²) in [6.45, 7) is 5.71. The summed E-state index contributed by atoms with van der Waals surface area (Å²) in [5, 5.41) is 0.600. The largest absolute Gasteiger partial charge is 0.398 e. The second-order valence-corrected chi connectivity index (χ2v) is 9.12. The predicted molar refractivity (Wildman–Crippen MR) is 125 cm³/mol. The van der Waals surface area contributed by atoms with Crippen LogP contribution in [0.4, 0.5) is 15.9 Å². The molecule has 3 heterocycles. The fourth-order valence-corrected chi connectivity index (χ4v) is 4.36. The van der Waals surface area contributed by atoms with Crippen LogP contribution in [0.15, 0.2) is 30.3 Å². The van der Waals surface area contributed by atoms with E-state index in [4.69, 9.17) is 27.8 Å². The molecule has 2 aliphatic heterocycles. The molecule has 0 amide bonds. The Labute approximate surface area is 190 Å². The molecule has 2 aliphatic rings. The highest BCUT2D eigenvalue weighted by Crippen LogP contribution is 2.33. The van der Waals surface area contributed by atoms with Crippen LogP contribution in [0.25, 0.3) is 22.3 Å². The molecular weight excluding hydrogens is 429 g/mol. The first-order valence-electron chi connectivity index (χ1n) is 10.5. The third-order valence-corrected chi connectivity index (χ3v) is 6.52. The van der Waals surface area contributed by atoms with Crippen LogP contribution in [0, 0.1) is 23.1 Å². The van der Waals surface area contributed by atoms with Gasteiger partial charge in [0.05, 0.1) is 35.4 Å². The van der Waals surface area contributed by atoms with Crippen molar-refractivity contribution in [3.05, 3.63) is 46.7 Å². The number of rotatable bonds is 2. The molecule has 4 N–H and O–H groups in total. The minimum Gasteiger partial charge on any atom is -0.398 e. The first kappa shape index (κ1) is 21.0. The van der Waals surface area contributed by atoms with Gasteiger partial charge in [-0.05, 0) is 37.6 Å². The first-order valence-corrected chi connectivity index (χ1v) is 10.9. The Morgan fingerprint density at radius 1 is 1.25 bits per heavy atom. The van der Waals surface area contributed by atoms with Gasteiger partial charge in [0.15, 0.2) is 11.6 Å². The predicted octanol–water partition coefficient (Wildman–Crippen LogP) is 3.72. The number of nitrogen functional groups attached to an aromatic ring is 2. The fraction of sp³-hybridized carbons (Fsp3) is 0.333. The lowest BCUT2D eigenvalue weighted by Gasteiger charge is -2.35. The van der Waals surface area contributed by atoms with Crippen molar-refractivity contribution in [2.75, 3.05) is 37.8 Å². The summed E-state index contributed by atoms with van der Waals surface area (Å²) in [6, 6.07) is 8.71. The summed E-state index contributed by atoms with van der Waals surface area (Å²) in [5.74, 6) is 6.48. The molecule has 2 aromatic carbocycles. The highest BCUT2D eigenvalue weighted by atomic mass is 35.5. The second kappa shape index (κ2) is 7.89. The molecule has 0 spiro atoms. The number of nitrogens with two attached hydrogens (primary N) is 2. The Morgan fingerprint density at radius 2 is 2.06 bits per heavy atom. The van der Waals surface area contributed by atoms with Crippen molar-refractivity contribution < 1.29 is 9.13 Å². The Bertz CT molecular complexity index is 1280. The normalized spacial score (nSPS) is 21.3. The number of halogens is 2. The first-order chi connectivity index (χ1) is 15.3. The van der Waals surface area contributed by atoms with Crippen LogP contribution in [0.2, 0.25) is 5.02 Å². The van der Waals surface area contributed by atoms with Crippen molar-refractivity contribution >= 4 is 34.0 Å². The molecule has 1 aromatic heterocycles. The van der Waals surface area contributed by atoms with Crippen molar-refractivity contribution in [1.82, 2.24) is 14.9 Å². The Kier molecular flexibility index (Phi) is 5.17. The zero-order valence-electron chi connectivity index (χ0n) is 17.7. The molecule has 1 unspecified atom stereocenters. The zero-order valence-corrected chi connectivity index (χ0v) is 18.4. The topological polar surface area (TPSA) is 90.3 Å². The highest BCUT2D eigenvalue weighted by molar-refractivity contribution is 6.31. The minimum atomic E-state index is -0.584. The molecule has 8 heteroatoms. The summed E-state index contributed by atoms with van der Waals surface area (Å²) in [4.78, 5) is 11.2. The van der Waals surface area contributed by atoms with Gasteiger partial charge in [-0.2, -0.15) is 0 Å². The lowest BCUT2D eigenvalue weighted by molar-refractivity contribution is -0.0587. The molecule has 2 fully saturated rings. The van der Waals surface area contributed by atoms with Crippen LogP contribution in [0.5, 0.6) is 0 Å². The summed E-state index contributed by atoms with van der Waals surface area (Å²) < 4.78 is 19.8. The van der Waals surface area contributed by atoms with Gasteiger partial charge < -0.3 is 16.2 Å². The van der Waals surface area contributed by atoms with Crippen LogP contribution in [-0.2, 0) is 4.74 Å². The van der Waals surface area contributed by atoms with E-state index in [1.165, 1.54) is 6.07 Å². The number of anilines is 2. The maximum Gasteiger partial charge on any atom is 0.165 e. The molecule has 0 aliphatic carbocycles. The average molecular weight is 452 g/mol. The summed E-state index contributed by atoms with van der Waals surface area (Å²) >= 11 is 5.92. The molecule has 5 rings (SSSR count). The fourth-order valence-electron chi connectivity index (χ4n) is 4.18. The van der Waals surface area contributed by atoms with Gasteiger partial charge in [0.2, 0.25) is 0 Å². The van der Waals surface area contributed by atoms with E-state index >= 15 is 0 Å². The molecule has 3 aromatic rings. The lowest BCUT2D eigenvalue weighted by Crippen LogP contribution is -2.48.